The molecule has 1 heterocycles. The number of allylic oxidation sites excluding steroid dienone is 2. The number of ether oxygens (including phenoxy) is 1. The number of nitrogens with one attached hydrogen (secondary N) is 3. The molecule has 3 N–H and O–H groups in total. The molecule has 0 radical (unpaired) electrons. The average molecular weight is 523 g/mol. The summed E-state index contributed by atoms with van der Waals surface area (Å²) in [5.74, 6) is -1.48. The topological polar surface area (TPSA) is 90.4 Å². The van der Waals surface area contributed by atoms with Gasteiger partial charge in [-0.25, -0.2) is 4.39 Å². The highest BCUT2D eigenvalue weighted by molar-refractivity contribution is 6.04. The van der Waals surface area contributed by atoms with E-state index in [1.54, 1.807) is 11.0 Å². The van der Waals surface area contributed by atoms with Gasteiger partial charge >= 0.3 is 6.18 Å². The number of amidine groups is 1. The third-order valence-electron chi connectivity index (χ3n) is 4.92. The van der Waals surface area contributed by atoms with Crippen LogP contribution in [-0.2, 0) is 15.7 Å². The number of halogens is 4. The van der Waals surface area contributed by atoms with Crippen molar-refractivity contribution in [3.63, 3.8) is 0 Å². The van der Waals surface area contributed by atoms with Crippen LogP contribution in [0.15, 0.2) is 82.7 Å². The number of carbonyl (C=O) groups excluding carboxylic acids is 1. The molecule has 0 spiro atoms. The summed E-state index contributed by atoms with van der Waals surface area (Å²) in [5, 5.41) is 2.90. The smallest absolute Gasteiger partial charge is 0.378 e. The van der Waals surface area contributed by atoms with Crippen molar-refractivity contribution >= 4 is 23.4 Å². The first-order chi connectivity index (χ1) is 17.5. The van der Waals surface area contributed by atoms with Crippen LogP contribution >= 0.6 is 0 Å². The maximum Gasteiger partial charge on any atom is 0.416 e. The van der Waals surface area contributed by atoms with Crippen molar-refractivity contribution in [1.29, 1.82) is 0 Å². The van der Waals surface area contributed by atoms with Gasteiger partial charge in [0.15, 0.2) is 11.7 Å². The number of hydrogen-bond donors (Lipinski definition) is 3. The fourth-order valence-corrected chi connectivity index (χ4v) is 3.09. The third-order valence-corrected chi connectivity index (χ3v) is 4.92. The Morgan fingerprint density at radius 1 is 1.19 bits per heavy atom. The molecule has 37 heavy (non-hydrogen) atoms. The molecule has 1 fully saturated rings. The van der Waals surface area contributed by atoms with E-state index in [1.807, 2.05) is 6.92 Å². The van der Waals surface area contributed by atoms with Gasteiger partial charge in [0.2, 0.25) is 5.96 Å². The second-order valence-electron chi connectivity index (χ2n) is 7.70. The largest absolute Gasteiger partial charge is 0.416 e. The maximum atomic E-state index is 14.0. The Balaban J connectivity index is 2.02. The van der Waals surface area contributed by atoms with E-state index in [2.05, 4.69) is 39.3 Å². The monoisotopic (exact) mass is 522 g/mol. The number of aliphatic imine (C=N–C) groups is 2. The highest BCUT2D eigenvalue weighted by atomic mass is 19.4. The van der Waals surface area contributed by atoms with Gasteiger partial charge in [0.25, 0.3) is 5.91 Å². The van der Waals surface area contributed by atoms with E-state index >= 15 is 0 Å². The Bertz CT molecular complexity index is 1100. The Labute approximate surface area is 213 Å². The third kappa shape index (κ3) is 9.56. The highest BCUT2D eigenvalue weighted by Crippen LogP contribution is 2.31. The standard InChI is InChI=1S/C25H30F4N6O2/c1-5-7-20(31-21-9-6-8-19(16-21)25(27,28)29)11-10-17(2)23(36)33-34-24(30-4)32-22(18(3)26)35-12-14-37-15-13-35/h6-11,16,31H,2-3,5,12-15H2,1,4H3,(H,30,34)(H,33,36)/b11-10-,20-7+,32-22+. The van der Waals surface area contributed by atoms with E-state index < -0.39 is 23.5 Å². The van der Waals surface area contributed by atoms with Crippen molar-refractivity contribution < 1.29 is 27.1 Å². The molecule has 1 aliphatic heterocycles. The summed E-state index contributed by atoms with van der Waals surface area (Å²) in [7, 11) is 1.41. The molecule has 12 heteroatoms. The number of anilines is 1. The fraction of sp³-hybridized carbons (Fsp3) is 0.320. The van der Waals surface area contributed by atoms with Crippen LogP contribution in [0.5, 0.6) is 0 Å². The van der Waals surface area contributed by atoms with Gasteiger partial charge in [-0.3, -0.25) is 20.6 Å². The molecule has 0 saturated carbocycles. The van der Waals surface area contributed by atoms with Gasteiger partial charge < -0.3 is 15.0 Å². The summed E-state index contributed by atoms with van der Waals surface area (Å²) >= 11 is 0. The van der Waals surface area contributed by atoms with Crippen molar-refractivity contribution in [2.24, 2.45) is 9.98 Å². The van der Waals surface area contributed by atoms with Crippen LogP contribution in [0.2, 0.25) is 0 Å². The van der Waals surface area contributed by atoms with Crippen LogP contribution in [0.3, 0.4) is 0 Å². The lowest BCUT2D eigenvalue weighted by atomic mass is 10.1. The second kappa shape index (κ2) is 14.0. The van der Waals surface area contributed by atoms with Crippen molar-refractivity contribution in [3.05, 3.63) is 78.3 Å². The van der Waals surface area contributed by atoms with Crippen LogP contribution in [0.1, 0.15) is 18.9 Å². The summed E-state index contributed by atoms with van der Waals surface area (Å²) in [6, 6.07) is 4.77. The van der Waals surface area contributed by atoms with E-state index in [-0.39, 0.29) is 23.1 Å². The Morgan fingerprint density at radius 2 is 1.89 bits per heavy atom. The van der Waals surface area contributed by atoms with Crippen LogP contribution < -0.4 is 16.2 Å². The lowest BCUT2D eigenvalue weighted by Crippen LogP contribution is -2.44. The first-order valence-electron chi connectivity index (χ1n) is 11.4. The minimum absolute atomic E-state index is 0.0283. The number of carbonyl (C=O) groups is 1. The predicted molar refractivity (Wildman–Crippen MR) is 136 cm³/mol. The van der Waals surface area contributed by atoms with E-state index in [4.69, 9.17) is 4.74 Å². The van der Waals surface area contributed by atoms with Crippen molar-refractivity contribution in [2.45, 2.75) is 19.5 Å². The Kier molecular flexibility index (Phi) is 11.1. The molecule has 1 aliphatic rings. The van der Waals surface area contributed by atoms with Gasteiger partial charge in [-0.05, 0) is 36.8 Å². The van der Waals surface area contributed by atoms with Crippen molar-refractivity contribution in [3.8, 4) is 0 Å². The molecule has 1 aromatic carbocycles. The van der Waals surface area contributed by atoms with Gasteiger partial charge in [0.1, 0.15) is 0 Å². The molecule has 200 valence electrons. The van der Waals surface area contributed by atoms with Crippen LogP contribution in [0, 0.1) is 0 Å². The predicted octanol–water partition coefficient (Wildman–Crippen LogP) is 4.34. The van der Waals surface area contributed by atoms with E-state index in [0.717, 1.165) is 12.1 Å². The van der Waals surface area contributed by atoms with E-state index in [9.17, 15) is 22.4 Å². The summed E-state index contributed by atoms with van der Waals surface area (Å²) in [6.07, 6.45) is 0.780. The second-order valence-corrected chi connectivity index (χ2v) is 7.70. The van der Waals surface area contributed by atoms with Crippen LogP contribution in [0.4, 0.5) is 23.2 Å². The fourth-order valence-electron chi connectivity index (χ4n) is 3.09. The summed E-state index contributed by atoms with van der Waals surface area (Å²) in [5.41, 5.74) is 4.85. The maximum absolute atomic E-state index is 14.0. The molecule has 0 unspecified atom stereocenters. The van der Waals surface area contributed by atoms with Crippen LogP contribution in [-0.4, -0.2) is 56.0 Å². The van der Waals surface area contributed by atoms with Gasteiger partial charge in [-0.1, -0.05) is 32.2 Å². The van der Waals surface area contributed by atoms with Gasteiger partial charge in [-0.2, -0.15) is 18.2 Å². The number of hydrazine groups is 1. The van der Waals surface area contributed by atoms with Gasteiger partial charge in [0, 0.05) is 37.1 Å². The number of rotatable bonds is 7. The number of hydrogen-bond acceptors (Lipinski definition) is 4. The average Bonchev–Trinajstić information content (AvgIpc) is 2.87. The number of amides is 1. The van der Waals surface area contributed by atoms with Gasteiger partial charge in [0.05, 0.1) is 18.8 Å². The Hall–Kier alpha value is -3.93. The first kappa shape index (κ1) is 29.3. The molecular formula is C25H30F4N6O2. The van der Waals surface area contributed by atoms with Crippen molar-refractivity contribution in [2.75, 3.05) is 38.7 Å². The number of benzene rings is 1. The molecule has 0 bridgehead atoms. The van der Waals surface area contributed by atoms with Gasteiger partial charge in [-0.15, -0.1) is 0 Å². The Morgan fingerprint density at radius 3 is 2.49 bits per heavy atom. The molecule has 1 saturated heterocycles. The zero-order valence-electron chi connectivity index (χ0n) is 20.7. The van der Waals surface area contributed by atoms with E-state index in [0.29, 0.717) is 38.4 Å². The SMILES string of the molecule is C=C(/C=C\C(=C/CC)Nc1cccc(C(F)(F)F)c1)C(=O)NNC(=NC)/N=C(\C(=C)F)N1CCOCC1. The molecule has 1 aromatic rings. The number of nitrogens with zero attached hydrogens (tertiary/aromatic N) is 3. The summed E-state index contributed by atoms with van der Waals surface area (Å²) in [6.45, 7) is 10.5. The minimum Gasteiger partial charge on any atom is -0.378 e. The molecule has 0 aromatic heterocycles. The lowest BCUT2D eigenvalue weighted by molar-refractivity contribution is -0.137. The summed E-state index contributed by atoms with van der Waals surface area (Å²) < 4.78 is 58.2. The molecule has 1 amide bonds. The molecule has 0 aliphatic carbocycles. The molecular weight excluding hydrogens is 492 g/mol. The minimum atomic E-state index is -4.47. The van der Waals surface area contributed by atoms with E-state index in [1.165, 1.54) is 31.3 Å². The zero-order valence-corrected chi connectivity index (χ0v) is 20.7. The van der Waals surface area contributed by atoms with Crippen LogP contribution in [0.25, 0.3) is 0 Å². The lowest BCUT2D eigenvalue weighted by Gasteiger charge is -2.29. The normalized spacial score (nSPS) is 15.5. The number of morpholine rings is 1. The molecule has 8 nitrogen and oxygen atoms in total. The first-order valence-corrected chi connectivity index (χ1v) is 11.4. The zero-order chi connectivity index (χ0) is 27.4. The van der Waals surface area contributed by atoms with Crippen molar-refractivity contribution in [1.82, 2.24) is 15.8 Å². The molecule has 0 atom stereocenters. The number of guanidine groups is 1. The quantitative estimate of drug-likeness (QED) is 0.124. The summed E-state index contributed by atoms with van der Waals surface area (Å²) in [4.78, 5) is 22.1. The molecule has 2 rings (SSSR count). The number of alkyl halides is 3. The highest BCUT2D eigenvalue weighted by Gasteiger charge is 2.30.